The van der Waals surface area contributed by atoms with Crippen molar-refractivity contribution in [3.8, 4) is 0 Å². The van der Waals surface area contributed by atoms with Crippen LogP contribution in [0.2, 0.25) is 0 Å². The largest absolute Gasteiger partial charge is 0.480 e. The minimum Gasteiger partial charge on any atom is -0.480 e. The Kier molecular flexibility index (Phi) is 5.82. The Morgan fingerprint density at radius 2 is 2.11 bits per heavy atom. The summed E-state index contributed by atoms with van der Waals surface area (Å²) in [5, 5.41) is 14.1. The second-order valence-corrected chi connectivity index (χ2v) is 5.17. The molecular formula is C13H22N2O4. The van der Waals surface area contributed by atoms with E-state index in [9.17, 15) is 9.59 Å². The molecule has 19 heavy (non-hydrogen) atoms. The fourth-order valence-corrected chi connectivity index (χ4v) is 1.93. The number of nitrogens with one attached hydrogen (secondary N) is 2. The highest BCUT2D eigenvalue weighted by Crippen LogP contribution is 2.28. The van der Waals surface area contributed by atoms with Gasteiger partial charge in [-0.25, -0.2) is 9.59 Å². The second kappa shape index (κ2) is 7.13. The first-order chi connectivity index (χ1) is 8.97. The van der Waals surface area contributed by atoms with E-state index in [0.717, 1.165) is 12.8 Å². The van der Waals surface area contributed by atoms with Crippen LogP contribution in [0, 0.1) is 5.41 Å². The molecule has 0 aromatic heterocycles. The van der Waals surface area contributed by atoms with Gasteiger partial charge >= 0.3 is 12.0 Å². The lowest BCUT2D eigenvalue weighted by Crippen LogP contribution is -2.48. The van der Waals surface area contributed by atoms with E-state index in [0.29, 0.717) is 19.8 Å². The van der Waals surface area contributed by atoms with Crippen molar-refractivity contribution in [2.75, 3.05) is 19.8 Å². The number of hydrogen-bond donors (Lipinski definition) is 3. The Balaban J connectivity index is 2.37. The summed E-state index contributed by atoms with van der Waals surface area (Å²) in [6, 6.07) is -1.39. The van der Waals surface area contributed by atoms with Gasteiger partial charge in [0.15, 0.2) is 0 Å². The van der Waals surface area contributed by atoms with Crippen LogP contribution in [0.3, 0.4) is 0 Å². The third kappa shape index (κ3) is 5.30. The van der Waals surface area contributed by atoms with Crippen LogP contribution in [-0.4, -0.2) is 42.9 Å². The number of rotatable bonds is 6. The Bertz CT molecular complexity index is 338. The van der Waals surface area contributed by atoms with Crippen LogP contribution in [0.25, 0.3) is 0 Å². The van der Waals surface area contributed by atoms with Gasteiger partial charge in [-0.2, -0.15) is 0 Å². The second-order valence-electron chi connectivity index (χ2n) is 5.17. The molecule has 1 atom stereocenters. The summed E-state index contributed by atoms with van der Waals surface area (Å²) in [4.78, 5) is 22.6. The molecule has 1 saturated heterocycles. The SMILES string of the molecule is C=CCC(NC(=O)NCC1(C)CCOCC1)C(=O)O. The molecule has 0 aliphatic carbocycles. The smallest absolute Gasteiger partial charge is 0.326 e. The molecule has 1 unspecified atom stereocenters. The van der Waals surface area contributed by atoms with E-state index in [-0.39, 0.29) is 11.8 Å². The van der Waals surface area contributed by atoms with Gasteiger partial charge in [0.1, 0.15) is 6.04 Å². The zero-order valence-corrected chi connectivity index (χ0v) is 11.3. The molecule has 0 saturated carbocycles. The Morgan fingerprint density at radius 3 is 2.63 bits per heavy atom. The monoisotopic (exact) mass is 270 g/mol. The third-order valence-electron chi connectivity index (χ3n) is 3.38. The summed E-state index contributed by atoms with van der Waals surface area (Å²) < 4.78 is 5.28. The van der Waals surface area contributed by atoms with Gasteiger partial charge in [-0.15, -0.1) is 6.58 Å². The molecule has 0 bridgehead atoms. The zero-order chi connectivity index (χ0) is 14.3. The van der Waals surface area contributed by atoms with Gasteiger partial charge in [-0.1, -0.05) is 13.0 Å². The summed E-state index contributed by atoms with van der Waals surface area (Å²) in [6.07, 6.45) is 3.46. The predicted molar refractivity (Wildman–Crippen MR) is 70.9 cm³/mol. The molecular weight excluding hydrogens is 248 g/mol. The molecule has 108 valence electrons. The molecule has 1 fully saturated rings. The van der Waals surface area contributed by atoms with E-state index in [4.69, 9.17) is 9.84 Å². The minimum atomic E-state index is -1.06. The van der Waals surface area contributed by atoms with Crippen molar-refractivity contribution in [1.82, 2.24) is 10.6 Å². The summed E-state index contributed by atoms with van der Waals surface area (Å²) in [7, 11) is 0. The van der Waals surface area contributed by atoms with Gasteiger partial charge in [0.25, 0.3) is 0 Å². The number of carboxylic acids is 1. The fraction of sp³-hybridized carbons (Fsp3) is 0.692. The quantitative estimate of drug-likeness (QED) is 0.631. The maximum absolute atomic E-state index is 11.7. The molecule has 1 aliphatic rings. The van der Waals surface area contributed by atoms with Crippen molar-refractivity contribution in [2.45, 2.75) is 32.2 Å². The van der Waals surface area contributed by atoms with Crippen LogP contribution in [-0.2, 0) is 9.53 Å². The minimum absolute atomic E-state index is 0.0206. The molecule has 0 aromatic carbocycles. The number of carbonyl (C=O) groups excluding carboxylic acids is 1. The fourth-order valence-electron chi connectivity index (χ4n) is 1.93. The van der Waals surface area contributed by atoms with E-state index in [2.05, 4.69) is 24.1 Å². The van der Waals surface area contributed by atoms with Crippen LogP contribution in [0.5, 0.6) is 0 Å². The van der Waals surface area contributed by atoms with Gasteiger partial charge in [0.2, 0.25) is 0 Å². The number of carbonyl (C=O) groups is 2. The van der Waals surface area contributed by atoms with Crippen molar-refractivity contribution in [2.24, 2.45) is 5.41 Å². The van der Waals surface area contributed by atoms with Gasteiger partial charge in [-0.3, -0.25) is 0 Å². The maximum atomic E-state index is 11.7. The number of urea groups is 1. The van der Waals surface area contributed by atoms with Gasteiger partial charge in [0, 0.05) is 19.8 Å². The number of hydrogen-bond acceptors (Lipinski definition) is 3. The number of amides is 2. The molecule has 6 heteroatoms. The highest BCUT2D eigenvalue weighted by molar-refractivity contribution is 5.82. The van der Waals surface area contributed by atoms with Gasteiger partial charge < -0.3 is 20.5 Å². The van der Waals surface area contributed by atoms with E-state index in [1.54, 1.807) is 0 Å². The third-order valence-corrected chi connectivity index (χ3v) is 3.38. The highest BCUT2D eigenvalue weighted by Gasteiger charge is 2.28. The molecule has 6 nitrogen and oxygen atoms in total. The molecule has 3 N–H and O–H groups in total. The van der Waals surface area contributed by atoms with Crippen LogP contribution < -0.4 is 10.6 Å². The van der Waals surface area contributed by atoms with Crippen molar-refractivity contribution in [3.05, 3.63) is 12.7 Å². The summed E-state index contributed by atoms with van der Waals surface area (Å²) in [5.74, 6) is -1.06. The van der Waals surface area contributed by atoms with Gasteiger partial charge in [0.05, 0.1) is 0 Å². The molecule has 1 rings (SSSR count). The van der Waals surface area contributed by atoms with Crippen molar-refractivity contribution >= 4 is 12.0 Å². The average molecular weight is 270 g/mol. The first-order valence-corrected chi connectivity index (χ1v) is 6.43. The van der Waals surface area contributed by atoms with Crippen LogP contribution in [0.4, 0.5) is 4.79 Å². The predicted octanol–water partition coefficient (Wildman–Crippen LogP) is 1.13. The van der Waals surface area contributed by atoms with Crippen molar-refractivity contribution < 1.29 is 19.4 Å². The lowest BCUT2D eigenvalue weighted by Gasteiger charge is -2.33. The Labute approximate surface area is 113 Å². The summed E-state index contributed by atoms with van der Waals surface area (Å²) >= 11 is 0. The molecule has 1 aliphatic heterocycles. The van der Waals surface area contributed by atoms with Crippen molar-refractivity contribution in [3.63, 3.8) is 0 Å². The van der Waals surface area contributed by atoms with Gasteiger partial charge in [-0.05, 0) is 24.7 Å². The normalized spacial score (nSPS) is 19.2. The average Bonchev–Trinajstić information content (AvgIpc) is 2.37. The van der Waals surface area contributed by atoms with Crippen LogP contribution >= 0.6 is 0 Å². The summed E-state index contributed by atoms with van der Waals surface area (Å²) in [6.45, 7) is 7.48. The lowest BCUT2D eigenvalue weighted by molar-refractivity contribution is -0.139. The Hall–Kier alpha value is -1.56. The number of carboxylic acid groups (broad SMARTS) is 1. The van der Waals surface area contributed by atoms with Crippen LogP contribution in [0.1, 0.15) is 26.2 Å². The summed E-state index contributed by atoms with van der Waals surface area (Å²) in [5.41, 5.74) is 0.0206. The first kappa shape index (κ1) is 15.5. The molecule has 1 heterocycles. The number of aliphatic carboxylic acids is 1. The van der Waals surface area contributed by atoms with E-state index >= 15 is 0 Å². The van der Waals surface area contributed by atoms with E-state index < -0.39 is 18.0 Å². The lowest BCUT2D eigenvalue weighted by atomic mass is 9.82. The maximum Gasteiger partial charge on any atom is 0.326 e. The highest BCUT2D eigenvalue weighted by atomic mass is 16.5. The standard InChI is InChI=1S/C13H22N2O4/c1-3-4-10(11(16)17)15-12(18)14-9-13(2)5-7-19-8-6-13/h3,10H,1,4-9H2,2H3,(H,16,17)(H2,14,15,18). The van der Waals surface area contributed by atoms with Crippen LogP contribution in [0.15, 0.2) is 12.7 Å². The molecule has 0 spiro atoms. The van der Waals surface area contributed by atoms with Crippen molar-refractivity contribution in [1.29, 1.82) is 0 Å². The Morgan fingerprint density at radius 1 is 1.47 bits per heavy atom. The molecule has 0 radical (unpaired) electrons. The zero-order valence-electron chi connectivity index (χ0n) is 11.3. The molecule has 0 aromatic rings. The number of ether oxygens (including phenoxy) is 1. The molecule has 2 amide bonds. The van der Waals surface area contributed by atoms with E-state index in [1.165, 1.54) is 6.08 Å². The first-order valence-electron chi connectivity index (χ1n) is 6.43. The van der Waals surface area contributed by atoms with E-state index in [1.807, 2.05) is 0 Å². The topological polar surface area (TPSA) is 87.7 Å².